The number of aromatic nitrogens is 3. The van der Waals surface area contributed by atoms with Crippen LogP contribution in [0.1, 0.15) is 17.0 Å². The Kier molecular flexibility index (Phi) is 6.13. The Morgan fingerprint density at radius 2 is 1.86 bits per heavy atom. The smallest absolute Gasteiger partial charge is 0.286 e. The van der Waals surface area contributed by atoms with Gasteiger partial charge in [0.05, 0.1) is 18.5 Å². The molecular weight excluding hydrogens is 364 g/mol. The van der Waals surface area contributed by atoms with Crippen LogP contribution in [0.3, 0.4) is 0 Å². The number of rotatable bonds is 8. The van der Waals surface area contributed by atoms with Gasteiger partial charge in [0.2, 0.25) is 11.8 Å². The molecule has 1 aromatic carbocycles. The average molecular weight is 382 g/mol. The lowest BCUT2D eigenvalue weighted by Crippen LogP contribution is -2.35. The molecule has 0 saturated carbocycles. The van der Waals surface area contributed by atoms with Crippen molar-refractivity contribution in [1.29, 1.82) is 0 Å². The molecule has 0 unspecified atom stereocenters. The lowest BCUT2D eigenvalue weighted by molar-refractivity contribution is -0.124. The number of amides is 3. The van der Waals surface area contributed by atoms with E-state index < -0.39 is 5.91 Å². The molecule has 3 aromatic rings. The highest BCUT2D eigenvalue weighted by Gasteiger charge is 2.10. The van der Waals surface area contributed by atoms with Crippen molar-refractivity contribution in [1.82, 2.24) is 25.4 Å². The summed E-state index contributed by atoms with van der Waals surface area (Å²) in [5, 5.41) is 11.7. The highest BCUT2D eigenvalue weighted by atomic mass is 16.3. The number of benzene rings is 1. The number of nitrogens with zero attached hydrogens (tertiary/aromatic N) is 3. The van der Waals surface area contributed by atoms with Gasteiger partial charge in [-0.2, -0.15) is 5.10 Å². The lowest BCUT2D eigenvalue weighted by atomic mass is 10.3. The minimum absolute atomic E-state index is 0.0479. The second-order valence-electron chi connectivity index (χ2n) is 5.70. The highest BCUT2D eigenvalue weighted by Crippen LogP contribution is 2.11. The number of nitrogens with one attached hydrogen (secondary N) is 3. The molecule has 3 amide bonds. The Hall–Kier alpha value is -3.95. The third-order valence-electron chi connectivity index (χ3n) is 3.66. The van der Waals surface area contributed by atoms with Crippen molar-refractivity contribution in [3.63, 3.8) is 0 Å². The first-order valence-corrected chi connectivity index (χ1v) is 8.45. The van der Waals surface area contributed by atoms with Gasteiger partial charge in [0.15, 0.2) is 5.76 Å². The molecule has 3 rings (SSSR count). The first-order chi connectivity index (χ1) is 13.6. The Morgan fingerprint density at radius 3 is 2.54 bits per heavy atom. The molecule has 0 spiro atoms. The summed E-state index contributed by atoms with van der Waals surface area (Å²) >= 11 is 0. The zero-order valence-electron chi connectivity index (χ0n) is 14.8. The molecule has 0 atom stereocenters. The number of furan rings is 1. The standard InChI is InChI=1S/C18H18N6O4/c25-16(7-8-20-18(27)15-2-1-9-28-15)21-10-17(26)23-13-3-5-14(6-4-13)24-12-19-11-22-24/h1-6,9,11-12H,7-8,10H2,(H,20,27)(H,21,25)(H,23,26). The topological polar surface area (TPSA) is 131 Å². The van der Waals surface area contributed by atoms with Crippen molar-refractivity contribution in [3.05, 3.63) is 61.1 Å². The van der Waals surface area contributed by atoms with Crippen LogP contribution in [0.4, 0.5) is 5.69 Å². The van der Waals surface area contributed by atoms with Crippen LogP contribution in [-0.4, -0.2) is 45.6 Å². The van der Waals surface area contributed by atoms with Gasteiger partial charge in [-0.1, -0.05) is 0 Å². The van der Waals surface area contributed by atoms with Crippen molar-refractivity contribution in [3.8, 4) is 5.69 Å². The van der Waals surface area contributed by atoms with E-state index in [2.05, 4.69) is 26.0 Å². The monoisotopic (exact) mass is 382 g/mol. The van der Waals surface area contributed by atoms with Crippen LogP contribution in [0.15, 0.2) is 59.7 Å². The predicted octanol–water partition coefficient (Wildman–Crippen LogP) is 0.735. The van der Waals surface area contributed by atoms with E-state index in [1.807, 2.05) is 0 Å². The van der Waals surface area contributed by atoms with Gasteiger partial charge in [0.25, 0.3) is 5.91 Å². The molecule has 0 fully saturated rings. The average Bonchev–Trinajstić information content (AvgIpc) is 3.41. The third kappa shape index (κ3) is 5.27. The molecular formula is C18H18N6O4. The maximum absolute atomic E-state index is 11.9. The Balaban J connectivity index is 1.35. The van der Waals surface area contributed by atoms with E-state index in [4.69, 9.17) is 4.42 Å². The SMILES string of the molecule is O=C(CCNC(=O)c1ccco1)NCC(=O)Nc1ccc(-n2cncn2)cc1. The molecule has 10 nitrogen and oxygen atoms in total. The van der Waals surface area contributed by atoms with Gasteiger partial charge in [0, 0.05) is 18.7 Å². The maximum atomic E-state index is 11.9. The van der Waals surface area contributed by atoms with E-state index >= 15 is 0 Å². The van der Waals surface area contributed by atoms with Crippen LogP contribution in [0.5, 0.6) is 0 Å². The summed E-state index contributed by atoms with van der Waals surface area (Å²) in [6, 6.07) is 10.1. The second kappa shape index (κ2) is 9.12. The maximum Gasteiger partial charge on any atom is 0.286 e. The lowest BCUT2D eigenvalue weighted by Gasteiger charge is -2.08. The van der Waals surface area contributed by atoms with Crippen LogP contribution >= 0.6 is 0 Å². The minimum atomic E-state index is -0.398. The van der Waals surface area contributed by atoms with Crippen LogP contribution in [0, 0.1) is 0 Å². The van der Waals surface area contributed by atoms with Gasteiger partial charge in [-0.05, 0) is 36.4 Å². The minimum Gasteiger partial charge on any atom is -0.459 e. The largest absolute Gasteiger partial charge is 0.459 e. The van der Waals surface area contributed by atoms with E-state index in [0.29, 0.717) is 5.69 Å². The fourth-order valence-corrected chi connectivity index (χ4v) is 2.30. The van der Waals surface area contributed by atoms with Crippen LogP contribution in [-0.2, 0) is 9.59 Å². The number of carbonyl (C=O) groups is 3. The van der Waals surface area contributed by atoms with Gasteiger partial charge in [-0.15, -0.1) is 0 Å². The fourth-order valence-electron chi connectivity index (χ4n) is 2.30. The first-order valence-electron chi connectivity index (χ1n) is 8.45. The zero-order chi connectivity index (χ0) is 19.8. The summed E-state index contributed by atoms with van der Waals surface area (Å²) < 4.78 is 6.54. The van der Waals surface area contributed by atoms with Crippen LogP contribution < -0.4 is 16.0 Å². The Morgan fingerprint density at radius 1 is 1.04 bits per heavy atom. The van der Waals surface area contributed by atoms with Crippen molar-refractivity contribution in [2.45, 2.75) is 6.42 Å². The molecule has 0 radical (unpaired) electrons. The third-order valence-corrected chi connectivity index (χ3v) is 3.66. The van der Waals surface area contributed by atoms with E-state index in [9.17, 15) is 14.4 Å². The molecule has 10 heteroatoms. The van der Waals surface area contributed by atoms with Gasteiger partial charge >= 0.3 is 0 Å². The number of carbonyl (C=O) groups excluding carboxylic acids is 3. The van der Waals surface area contributed by atoms with Gasteiger partial charge in [0.1, 0.15) is 12.7 Å². The van der Waals surface area contributed by atoms with Crippen molar-refractivity contribution in [2.24, 2.45) is 0 Å². The summed E-state index contributed by atoms with van der Waals surface area (Å²) in [4.78, 5) is 39.2. The van der Waals surface area contributed by atoms with Gasteiger partial charge in [-0.25, -0.2) is 9.67 Å². The van der Waals surface area contributed by atoms with Gasteiger partial charge in [-0.3, -0.25) is 14.4 Å². The molecule has 0 saturated heterocycles. The normalized spacial score (nSPS) is 10.3. The fraction of sp³-hybridized carbons (Fsp3) is 0.167. The summed E-state index contributed by atoms with van der Waals surface area (Å²) in [6.07, 6.45) is 4.44. The Labute approximate surface area is 159 Å². The number of anilines is 1. The highest BCUT2D eigenvalue weighted by molar-refractivity contribution is 5.95. The molecule has 0 aliphatic carbocycles. The molecule has 28 heavy (non-hydrogen) atoms. The molecule has 0 bridgehead atoms. The second-order valence-corrected chi connectivity index (χ2v) is 5.70. The molecule has 0 aliphatic heterocycles. The molecule has 2 heterocycles. The van der Waals surface area contributed by atoms with Crippen molar-refractivity contribution in [2.75, 3.05) is 18.4 Å². The quantitative estimate of drug-likeness (QED) is 0.526. The van der Waals surface area contributed by atoms with Gasteiger partial charge < -0.3 is 20.4 Å². The molecule has 0 aliphatic rings. The van der Waals surface area contributed by atoms with E-state index in [-0.39, 0.29) is 37.1 Å². The molecule has 144 valence electrons. The summed E-state index contributed by atoms with van der Waals surface area (Å²) in [6.45, 7) is -0.0352. The predicted molar refractivity (Wildman–Crippen MR) is 98.7 cm³/mol. The zero-order valence-corrected chi connectivity index (χ0v) is 14.8. The molecule has 2 aromatic heterocycles. The Bertz CT molecular complexity index is 920. The first kappa shape index (κ1) is 18.8. The van der Waals surface area contributed by atoms with E-state index in [1.165, 1.54) is 18.7 Å². The molecule has 3 N–H and O–H groups in total. The van der Waals surface area contributed by atoms with Crippen molar-refractivity contribution < 1.29 is 18.8 Å². The number of hydrogen-bond donors (Lipinski definition) is 3. The van der Waals surface area contributed by atoms with E-state index in [0.717, 1.165) is 5.69 Å². The van der Waals surface area contributed by atoms with Crippen LogP contribution in [0.2, 0.25) is 0 Å². The number of hydrogen-bond acceptors (Lipinski definition) is 6. The summed E-state index contributed by atoms with van der Waals surface area (Å²) in [5.74, 6) is -0.933. The summed E-state index contributed by atoms with van der Waals surface area (Å²) in [7, 11) is 0. The summed E-state index contributed by atoms with van der Waals surface area (Å²) in [5.41, 5.74) is 1.40. The van der Waals surface area contributed by atoms with E-state index in [1.54, 1.807) is 41.3 Å². The van der Waals surface area contributed by atoms with Crippen LogP contribution in [0.25, 0.3) is 5.69 Å². The van der Waals surface area contributed by atoms with Crippen molar-refractivity contribution >= 4 is 23.4 Å².